The number of nitrogens with zero attached hydrogens (tertiary/aromatic N) is 3. The molecule has 10 heteroatoms. The quantitative estimate of drug-likeness (QED) is 0.375. The third-order valence-corrected chi connectivity index (χ3v) is 7.19. The minimum absolute atomic E-state index is 0.0168. The first-order valence-corrected chi connectivity index (χ1v) is 11.8. The van der Waals surface area contributed by atoms with Crippen molar-refractivity contribution < 1.29 is 9.21 Å². The number of hydrogen-bond acceptors (Lipinski definition) is 7. The van der Waals surface area contributed by atoms with Crippen LogP contribution in [0.5, 0.6) is 0 Å². The second kappa shape index (κ2) is 9.89. The summed E-state index contributed by atoms with van der Waals surface area (Å²) >= 11 is 12.9. The molecule has 1 fully saturated rings. The van der Waals surface area contributed by atoms with Crippen LogP contribution in [-0.2, 0) is 24.9 Å². The molecule has 1 saturated heterocycles. The van der Waals surface area contributed by atoms with Crippen LogP contribution in [-0.4, -0.2) is 19.7 Å². The van der Waals surface area contributed by atoms with Crippen LogP contribution in [0.1, 0.15) is 28.0 Å². The molecule has 0 bridgehead atoms. The van der Waals surface area contributed by atoms with E-state index in [4.69, 9.17) is 28.2 Å². The van der Waals surface area contributed by atoms with Crippen molar-refractivity contribution >= 4 is 57.7 Å². The van der Waals surface area contributed by atoms with Gasteiger partial charge in [0.1, 0.15) is 27.5 Å². The van der Waals surface area contributed by atoms with Gasteiger partial charge in [-0.05, 0) is 42.3 Å². The van der Waals surface area contributed by atoms with E-state index in [0.29, 0.717) is 43.5 Å². The van der Waals surface area contributed by atoms with E-state index in [1.807, 2.05) is 24.3 Å². The molecular weight excluding hydrogens is 492 g/mol. The fourth-order valence-electron chi connectivity index (χ4n) is 3.59. The van der Waals surface area contributed by atoms with Gasteiger partial charge >= 0.3 is 0 Å². The first-order valence-electron chi connectivity index (χ1n) is 10.2. The van der Waals surface area contributed by atoms with Gasteiger partial charge in [0.05, 0.1) is 17.7 Å². The van der Waals surface area contributed by atoms with Gasteiger partial charge in [0.15, 0.2) is 0 Å². The third kappa shape index (κ3) is 4.53. The molecule has 1 aromatic carbocycles. The number of aromatic nitrogens is 1. The van der Waals surface area contributed by atoms with Gasteiger partial charge in [0, 0.05) is 24.2 Å². The lowest BCUT2D eigenvalue weighted by Gasteiger charge is -2.18. The van der Waals surface area contributed by atoms with Gasteiger partial charge < -0.3 is 9.73 Å². The number of pyridine rings is 1. The largest absolute Gasteiger partial charge is 0.467 e. The SMILES string of the molecule is Cc1c(/C=C2/SC(=S)N(Cc3ccco3)C2=O)c(NCc2ccccc2Cl)n(C)c(=O)c1C#N. The molecule has 3 heterocycles. The number of nitriles is 1. The lowest BCUT2D eigenvalue weighted by Crippen LogP contribution is -2.27. The van der Waals surface area contributed by atoms with Crippen LogP contribution in [0, 0.1) is 18.3 Å². The van der Waals surface area contributed by atoms with Crippen LogP contribution in [0.25, 0.3) is 6.08 Å². The van der Waals surface area contributed by atoms with Gasteiger partial charge in [-0.1, -0.05) is 53.8 Å². The Hall–Kier alpha value is -3.32. The van der Waals surface area contributed by atoms with Crippen LogP contribution in [0.4, 0.5) is 5.82 Å². The highest BCUT2D eigenvalue weighted by atomic mass is 35.5. The number of carbonyl (C=O) groups excluding carboxylic acids is 1. The lowest BCUT2D eigenvalue weighted by atomic mass is 10.0. The number of benzene rings is 1. The Balaban J connectivity index is 1.75. The van der Waals surface area contributed by atoms with Crippen LogP contribution in [0.2, 0.25) is 5.02 Å². The van der Waals surface area contributed by atoms with Crippen molar-refractivity contribution in [2.45, 2.75) is 20.0 Å². The number of anilines is 1. The van der Waals surface area contributed by atoms with E-state index in [1.54, 1.807) is 38.2 Å². The molecule has 3 aromatic rings. The van der Waals surface area contributed by atoms with Crippen LogP contribution < -0.4 is 10.9 Å². The molecular formula is C24H19ClN4O3S2. The average Bonchev–Trinajstić information content (AvgIpc) is 3.42. The average molecular weight is 511 g/mol. The van der Waals surface area contributed by atoms with E-state index in [2.05, 4.69) is 5.32 Å². The summed E-state index contributed by atoms with van der Waals surface area (Å²) in [6, 6.07) is 12.9. The van der Waals surface area contributed by atoms with Gasteiger partial charge in [-0.15, -0.1) is 0 Å². The standard InChI is InChI=1S/C24H19ClN4O3S2/c1-14-17(10-20-23(31)29(24(33)34-20)13-16-7-5-9-32-16)21(28(2)22(30)18(14)11-26)27-12-15-6-3-4-8-19(15)25/h3-10,27H,12-13H2,1-2H3/b20-10+. The van der Waals surface area contributed by atoms with E-state index in [0.717, 1.165) is 17.3 Å². The number of hydrogen-bond donors (Lipinski definition) is 1. The minimum Gasteiger partial charge on any atom is -0.467 e. The summed E-state index contributed by atoms with van der Waals surface area (Å²) in [7, 11) is 1.58. The zero-order valence-electron chi connectivity index (χ0n) is 18.3. The molecule has 0 saturated carbocycles. The van der Waals surface area contributed by atoms with E-state index >= 15 is 0 Å². The van der Waals surface area contributed by atoms with E-state index in [1.165, 1.54) is 15.7 Å². The molecule has 1 amide bonds. The van der Waals surface area contributed by atoms with E-state index < -0.39 is 5.56 Å². The summed E-state index contributed by atoms with van der Waals surface area (Å²) in [5.41, 5.74) is 1.47. The summed E-state index contributed by atoms with van der Waals surface area (Å²) in [5.74, 6) is 0.817. The van der Waals surface area contributed by atoms with Crippen molar-refractivity contribution in [3.05, 3.63) is 91.0 Å². The number of nitrogens with one attached hydrogen (secondary N) is 1. The zero-order chi connectivity index (χ0) is 24.4. The molecule has 172 valence electrons. The van der Waals surface area contributed by atoms with Crippen molar-refractivity contribution in [3.8, 4) is 6.07 Å². The lowest BCUT2D eigenvalue weighted by molar-refractivity contribution is -0.122. The molecule has 0 spiro atoms. The molecule has 34 heavy (non-hydrogen) atoms. The third-order valence-electron chi connectivity index (χ3n) is 5.45. The van der Waals surface area contributed by atoms with Crippen molar-refractivity contribution in [2.24, 2.45) is 7.05 Å². The molecule has 0 radical (unpaired) electrons. The second-order valence-corrected chi connectivity index (χ2v) is 9.61. The van der Waals surface area contributed by atoms with Crippen molar-refractivity contribution in [2.75, 3.05) is 5.32 Å². The van der Waals surface area contributed by atoms with Gasteiger partial charge in [0.25, 0.3) is 11.5 Å². The molecule has 4 rings (SSSR count). The van der Waals surface area contributed by atoms with Gasteiger partial charge in [0.2, 0.25) is 0 Å². The van der Waals surface area contributed by atoms with Crippen molar-refractivity contribution in [1.82, 2.24) is 9.47 Å². The maximum atomic E-state index is 13.1. The highest BCUT2D eigenvalue weighted by molar-refractivity contribution is 8.26. The maximum absolute atomic E-state index is 13.1. The number of amides is 1. The topological polar surface area (TPSA) is 91.3 Å². The Morgan fingerprint density at radius 2 is 2.03 bits per heavy atom. The van der Waals surface area contributed by atoms with Crippen LogP contribution in [0.3, 0.4) is 0 Å². The molecule has 7 nitrogen and oxygen atoms in total. The maximum Gasteiger partial charge on any atom is 0.270 e. The second-order valence-electron chi connectivity index (χ2n) is 7.53. The van der Waals surface area contributed by atoms with Crippen molar-refractivity contribution in [1.29, 1.82) is 5.26 Å². The Morgan fingerprint density at radius 1 is 1.26 bits per heavy atom. The summed E-state index contributed by atoms with van der Waals surface area (Å²) in [5, 5.41) is 13.4. The van der Waals surface area contributed by atoms with Crippen LogP contribution in [0.15, 0.2) is 56.8 Å². The molecule has 1 aliphatic rings. The summed E-state index contributed by atoms with van der Waals surface area (Å²) < 4.78 is 7.13. The van der Waals surface area contributed by atoms with Crippen molar-refractivity contribution in [3.63, 3.8) is 0 Å². The molecule has 1 aliphatic heterocycles. The Bertz CT molecular complexity index is 1420. The minimum atomic E-state index is -0.427. The summed E-state index contributed by atoms with van der Waals surface area (Å²) in [6.07, 6.45) is 3.21. The Kier molecular flexibility index (Phi) is 6.93. The Labute approximate surface area is 210 Å². The van der Waals surface area contributed by atoms with Gasteiger partial charge in [-0.25, -0.2) is 0 Å². The number of rotatable bonds is 6. The number of thioether (sulfide) groups is 1. The highest BCUT2D eigenvalue weighted by Crippen LogP contribution is 2.36. The molecule has 0 atom stereocenters. The van der Waals surface area contributed by atoms with Crippen LogP contribution >= 0.6 is 35.6 Å². The summed E-state index contributed by atoms with van der Waals surface area (Å²) in [4.78, 5) is 27.8. The Morgan fingerprint density at radius 3 is 2.71 bits per heavy atom. The van der Waals surface area contributed by atoms with E-state index in [9.17, 15) is 14.9 Å². The number of thiocarbonyl (C=S) groups is 1. The predicted octanol–water partition coefficient (Wildman–Crippen LogP) is 4.83. The van der Waals surface area contributed by atoms with E-state index in [-0.39, 0.29) is 18.0 Å². The highest BCUT2D eigenvalue weighted by Gasteiger charge is 2.33. The molecule has 0 unspecified atom stereocenters. The zero-order valence-corrected chi connectivity index (χ0v) is 20.7. The number of carbonyl (C=O) groups is 1. The molecule has 2 aromatic heterocycles. The number of furan rings is 1. The summed E-state index contributed by atoms with van der Waals surface area (Å²) in [6.45, 7) is 2.26. The van der Waals surface area contributed by atoms with Gasteiger partial charge in [-0.2, -0.15) is 5.26 Å². The smallest absolute Gasteiger partial charge is 0.270 e. The normalized spacial score (nSPS) is 14.6. The monoisotopic (exact) mass is 510 g/mol. The van der Waals surface area contributed by atoms with Gasteiger partial charge in [-0.3, -0.25) is 19.1 Å². The first kappa shape index (κ1) is 23.8. The molecule has 0 aliphatic carbocycles. The number of halogens is 1. The fraction of sp³-hybridized carbons (Fsp3) is 0.167. The predicted molar refractivity (Wildman–Crippen MR) is 137 cm³/mol. The fourth-order valence-corrected chi connectivity index (χ4v) is 5.03. The molecule has 1 N–H and O–H groups in total. The first-order chi connectivity index (χ1) is 16.3.